The number of benzene rings is 1. The molecule has 108 valence electrons. The lowest BCUT2D eigenvalue weighted by Gasteiger charge is -2.19. The zero-order valence-corrected chi connectivity index (χ0v) is 12.0. The highest BCUT2D eigenvalue weighted by Crippen LogP contribution is 2.27. The monoisotopic (exact) mass is 302 g/mol. The molecule has 0 bridgehead atoms. The van der Waals surface area contributed by atoms with Crippen molar-refractivity contribution >= 4 is 23.2 Å². The molecular weight excluding hydrogens is 288 g/mol. The van der Waals surface area contributed by atoms with Crippen LogP contribution < -0.4 is 5.73 Å². The second kappa shape index (κ2) is 5.31. The third kappa shape index (κ3) is 2.55. The Kier molecular flexibility index (Phi) is 3.48. The van der Waals surface area contributed by atoms with E-state index in [1.807, 2.05) is 17.5 Å². The van der Waals surface area contributed by atoms with Gasteiger partial charge < -0.3 is 15.7 Å². The van der Waals surface area contributed by atoms with E-state index >= 15 is 0 Å². The van der Waals surface area contributed by atoms with Crippen molar-refractivity contribution in [1.29, 1.82) is 0 Å². The van der Waals surface area contributed by atoms with Crippen LogP contribution in [0.5, 0.6) is 0 Å². The molecule has 2 heterocycles. The molecule has 0 saturated carbocycles. The molecule has 21 heavy (non-hydrogen) atoms. The van der Waals surface area contributed by atoms with Gasteiger partial charge in [0.05, 0.1) is 5.56 Å². The van der Waals surface area contributed by atoms with Gasteiger partial charge in [0.2, 0.25) is 5.91 Å². The maximum atomic E-state index is 12.4. The maximum absolute atomic E-state index is 12.4. The number of hydrogen-bond acceptors (Lipinski definition) is 4. The van der Waals surface area contributed by atoms with Gasteiger partial charge in [-0.15, -0.1) is 11.3 Å². The van der Waals surface area contributed by atoms with Crippen LogP contribution in [0.4, 0.5) is 0 Å². The Bertz CT molecular complexity index is 697. The number of rotatable bonds is 3. The van der Waals surface area contributed by atoms with Gasteiger partial charge in [-0.25, -0.2) is 4.79 Å². The van der Waals surface area contributed by atoms with Crippen molar-refractivity contribution in [3.63, 3.8) is 0 Å². The third-order valence-corrected chi connectivity index (χ3v) is 4.56. The van der Waals surface area contributed by atoms with Crippen molar-refractivity contribution in [1.82, 2.24) is 4.90 Å². The van der Waals surface area contributed by atoms with Gasteiger partial charge >= 0.3 is 5.97 Å². The van der Waals surface area contributed by atoms with Crippen LogP contribution in [-0.4, -0.2) is 21.9 Å². The fourth-order valence-electron chi connectivity index (χ4n) is 2.47. The highest BCUT2D eigenvalue weighted by Gasteiger charge is 2.28. The molecule has 3 N–H and O–H groups in total. The average molecular weight is 302 g/mol. The molecule has 1 aromatic heterocycles. The summed E-state index contributed by atoms with van der Waals surface area (Å²) in [4.78, 5) is 25.9. The summed E-state index contributed by atoms with van der Waals surface area (Å²) < 4.78 is 0. The minimum atomic E-state index is -0.960. The SMILES string of the molecule is NC(C(=O)N1Cc2ccc(C(=O)O)cc2C1)c1cccs1. The Labute approximate surface area is 125 Å². The van der Waals surface area contributed by atoms with Crippen molar-refractivity contribution < 1.29 is 14.7 Å². The van der Waals surface area contributed by atoms with Crippen LogP contribution in [-0.2, 0) is 17.9 Å². The van der Waals surface area contributed by atoms with Crippen LogP contribution in [0.25, 0.3) is 0 Å². The fourth-order valence-corrected chi connectivity index (χ4v) is 3.19. The number of thiophene rings is 1. The Balaban J connectivity index is 1.78. The number of nitrogens with two attached hydrogens (primary N) is 1. The Morgan fingerprint density at radius 2 is 2.00 bits per heavy atom. The Morgan fingerprint density at radius 1 is 1.24 bits per heavy atom. The van der Waals surface area contributed by atoms with Crippen LogP contribution in [0.3, 0.4) is 0 Å². The van der Waals surface area contributed by atoms with Gasteiger partial charge in [0.15, 0.2) is 0 Å². The first-order valence-corrected chi connectivity index (χ1v) is 7.37. The molecule has 1 aliphatic rings. The highest BCUT2D eigenvalue weighted by atomic mass is 32.1. The molecule has 1 unspecified atom stereocenters. The molecule has 3 rings (SSSR count). The summed E-state index contributed by atoms with van der Waals surface area (Å²) in [5, 5.41) is 10.9. The number of fused-ring (bicyclic) bond motifs is 1. The molecule has 0 spiro atoms. The lowest BCUT2D eigenvalue weighted by molar-refractivity contribution is -0.133. The molecule has 0 fully saturated rings. The summed E-state index contributed by atoms with van der Waals surface area (Å²) in [6, 6.07) is 8.01. The molecular formula is C15H14N2O3S. The summed E-state index contributed by atoms with van der Waals surface area (Å²) in [6.07, 6.45) is 0. The minimum Gasteiger partial charge on any atom is -0.478 e. The van der Waals surface area contributed by atoms with Gasteiger partial charge in [-0.05, 0) is 34.7 Å². The van der Waals surface area contributed by atoms with E-state index in [-0.39, 0.29) is 11.5 Å². The summed E-state index contributed by atoms with van der Waals surface area (Å²) in [7, 11) is 0. The molecule has 0 aliphatic carbocycles. The smallest absolute Gasteiger partial charge is 0.335 e. The number of amides is 1. The predicted octanol–water partition coefficient (Wildman–Crippen LogP) is 1.99. The first-order chi connectivity index (χ1) is 10.1. The molecule has 2 aromatic rings. The first kappa shape index (κ1) is 13.8. The summed E-state index contributed by atoms with van der Waals surface area (Å²) in [5.41, 5.74) is 8.10. The molecule has 1 aliphatic heterocycles. The molecule has 1 amide bonds. The van der Waals surface area contributed by atoms with Crippen LogP contribution >= 0.6 is 11.3 Å². The molecule has 5 nitrogen and oxygen atoms in total. The van der Waals surface area contributed by atoms with Crippen LogP contribution in [0.15, 0.2) is 35.7 Å². The second-order valence-corrected chi connectivity index (χ2v) is 5.96. The van der Waals surface area contributed by atoms with Crippen LogP contribution in [0.1, 0.15) is 32.4 Å². The lowest BCUT2D eigenvalue weighted by Crippen LogP contribution is -2.34. The summed E-state index contributed by atoms with van der Waals surface area (Å²) in [6.45, 7) is 0.890. The van der Waals surface area contributed by atoms with Crippen molar-refractivity contribution in [2.75, 3.05) is 0 Å². The Morgan fingerprint density at radius 3 is 2.67 bits per heavy atom. The topological polar surface area (TPSA) is 83.6 Å². The van der Waals surface area contributed by atoms with Crippen LogP contribution in [0.2, 0.25) is 0 Å². The number of carboxylic acids is 1. The zero-order chi connectivity index (χ0) is 15.0. The summed E-state index contributed by atoms with van der Waals surface area (Å²) in [5.74, 6) is -1.09. The standard InChI is InChI=1S/C15H14N2O3S/c16-13(12-2-1-5-21-12)14(18)17-7-10-4-3-9(15(19)20)6-11(10)8-17/h1-6,13H,7-8,16H2,(H,19,20). The normalized spacial score (nSPS) is 14.8. The second-order valence-electron chi connectivity index (χ2n) is 4.98. The molecule has 1 aromatic carbocycles. The average Bonchev–Trinajstić information content (AvgIpc) is 3.13. The minimum absolute atomic E-state index is 0.134. The number of carboxylic acid groups (broad SMARTS) is 1. The van der Waals surface area contributed by atoms with Crippen molar-refractivity contribution in [2.45, 2.75) is 19.1 Å². The van der Waals surface area contributed by atoms with E-state index < -0.39 is 12.0 Å². The van der Waals surface area contributed by atoms with E-state index in [4.69, 9.17) is 10.8 Å². The predicted molar refractivity (Wildman–Crippen MR) is 78.9 cm³/mol. The lowest BCUT2D eigenvalue weighted by atomic mass is 10.1. The van der Waals surface area contributed by atoms with Crippen molar-refractivity contribution in [2.24, 2.45) is 5.73 Å². The van der Waals surface area contributed by atoms with Gasteiger partial charge in [0, 0.05) is 18.0 Å². The number of carbonyl (C=O) groups is 2. The van der Waals surface area contributed by atoms with E-state index in [0.717, 1.165) is 16.0 Å². The van der Waals surface area contributed by atoms with Gasteiger partial charge in [-0.2, -0.15) is 0 Å². The van der Waals surface area contributed by atoms with Gasteiger partial charge in [0.25, 0.3) is 0 Å². The first-order valence-electron chi connectivity index (χ1n) is 6.49. The van der Waals surface area contributed by atoms with Crippen LogP contribution in [0, 0.1) is 0 Å². The van der Waals surface area contributed by atoms with Crippen molar-refractivity contribution in [3.8, 4) is 0 Å². The third-order valence-electron chi connectivity index (χ3n) is 3.60. The highest BCUT2D eigenvalue weighted by molar-refractivity contribution is 7.10. The fraction of sp³-hybridized carbons (Fsp3) is 0.200. The maximum Gasteiger partial charge on any atom is 0.335 e. The Hall–Kier alpha value is -2.18. The van der Waals surface area contributed by atoms with E-state index in [2.05, 4.69) is 0 Å². The zero-order valence-electron chi connectivity index (χ0n) is 11.2. The molecule has 0 saturated heterocycles. The van der Waals surface area contributed by atoms with E-state index in [1.165, 1.54) is 11.3 Å². The van der Waals surface area contributed by atoms with E-state index in [9.17, 15) is 9.59 Å². The van der Waals surface area contributed by atoms with Gasteiger partial charge in [-0.3, -0.25) is 4.79 Å². The number of hydrogen-bond donors (Lipinski definition) is 2. The number of carbonyl (C=O) groups excluding carboxylic acids is 1. The van der Waals surface area contributed by atoms with Crippen molar-refractivity contribution in [3.05, 3.63) is 57.3 Å². The van der Waals surface area contributed by atoms with E-state index in [0.29, 0.717) is 13.1 Å². The largest absolute Gasteiger partial charge is 0.478 e. The van der Waals surface area contributed by atoms with E-state index in [1.54, 1.807) is 23.1 Å². The number of nitrogens with zero attached hydrogens (tertiary/aromatic N) is 1. The van der Waals surface area contributed by atoms with Gasteiger partial charge in [-0.1, -0.05) is 12.1 Å². The molecule has 6 heteroatoms. The summed E-state index contributed by atoms with van der Waals surface area (Å²) >= 11 is 1.46. The molecule has 1 atom stereocenters. The molecule has 0 radical (unpaired) electrons. The quantitative estimate of drug-likeness (QED) is 0.908. The number of aromatic carboxylic acids is 1. The van der Waals surface area contributed by atoms with Gasteiger partial charge in [0.1, 0.15) is 6.04 Å².